The molecule has 1 aromatic rings. The quantitative estimate of drug-likeness (QED) is 0.555. The minimum atomic E-state index is -1.51. The minimum absolute atomic E-state index is 1.04. The molecular formula is C12H20Cl2Si2. The number of rotatable bonds is 4. The van der Waals surface area contributed by atoms with E-state index in [4.69, 9.17) is 22.2 Å². The molecule has 0 aliphatic heterocycles. The van der Waals surface area contributed by atoms with Gasteiger partial charge in [-0.1, -0.05) is 50.5 Å². The minimum Gasteiger partial charge on any atom is -0.167 e. The summed E-state index contributed by atoms with van der Waals surface area (Å²) >= 11 is 12.7. The molecule has 0 fully saturated rings. The molecule has 4 heteroatoms. The van der Waals surface area contributed by atoms with Gasteiger partial charge in [-0.25, -0.2) is 0 Å². The molecule has 16 heavy (non-hydrogen) atoms. The van der Waals surface area contributed by atoms with Gasteiger partial charge >= 0.3 is 0 Å². The van der Waals surface area contributed by atoms with Gasteiger partial charge in [0.1, 0.15) is 0 Å². The molecule has 0 unspecified atom stereocenters. The summed E-state index contributed by atoms with van der Waals surface area (Å²) in [5, 5.41) is 0. The topological polar surface area (TPSA) is 0 Å². The summed E-state index contributed by atoms with van der Waals surface area (Å²) in [4.78, 5) is 0. The van der Waals surface area contributed by atoms with Crippen LogP contribution < -0.4 is 0 Å². The fraction of sp³-hybridized carbons (Fsp3) is 0.500. The lowest BCUT2D eigenvalue weighted by atomic mass is 10.2. The van der Waals surface area contributed by atoms with Crippen LogP contribution >= 0.6 is 22.2 Å². The van der Waals surface area contributed by atoms with Crippen molar-refractivity contribution in [3.8, 4) is 0 Å². The zero-order valence-electron chi connectivity index (χ0n) is 10.5. The van der Waals surface area contributed by atoms with E-state index >= 15 is 0 Å². The van der Waals surface area contributed by atoms with Crippen LogP contribution in [0.25, 0.3) is 0 Å². The van der Waals surface area contributed by atoms with Crippen molar-refractivity contribution in [1.29, 1.82) is 0 Å². The molecule has 0 nitrogen and oxygen atoms in total. The molecule has 0 N–H and O–H groups in total. The highest BCUT2D eigenvalue weighted by Gasteiger charge is 2.19. The Bertz CT molecular complexity index is 299. The Morgan fingerprint density at radius 3 is 1.19 bits per heavy atom. The molecule has 0 aromatic heterocycles. The number of hydrogen-bond donors (Lipinski definition) is 0. The lowest BCUT2D eigenvalue weighted by molar-refractivity contribution is 1.28. The van der Waals surface area contributed by atoms with Crippen molar-refractivity contribution in [2.75, 3.05) is 0 Å². The van der Waals surface area contributed by atoms with Crippen molar-refractivity contribution in [2.24, 2.45) is 0 Å². The molecule has 1 aromatic carbocycles. The van der Waals surface area contributed by atoms with Crippen molar-refractivity contribution in [3.63, 3.8) is 0 Å². The second-order valence-electron chi connectivity index (χ2n) is 5.61. The van der Waals surface area contributed by atoms with Crippen LogP contribution in [0.1, 0.15) is 11.1 Å². The Balaban J connectivity index is 2.69. The third-order valence-corrected chi connectivity index (χ3v) is 5.57. The van der Waals surface area contributed by atoms with E-state index in [9.17, 15) is 0 Å². The first-order chi connectivity index (χ1) is 7.16. The molecule has 0 aliphatic rings. The van der Waals surface area contributed by atoms with E-state index in [1.54, 1.807) is 0 Å². The molecule has 0 heterocycles. The van der Waals surface area contributed by atoms with Gasteiger partial charge in [0.15, 0.2) is 14.8 Å². The van der Waals surface area contributed by atoms with Crippen LogP contribution in [-0.4, -0.2) is 14.8 Å². The van der Waals surface area contributed by atoms with Crippen LogP contribution in [-0.2, 0) is 12.1 Å². The normalized spacial score (nSPS) is 12.9. The predicted molar refractivity (Wildman–Crippen MR) is 80.5 cm³/mol. The molecule has 0 bridgehead atoms. The second-order valence-corrected chi connectivity index (χ2v) is 19.3. The molecule has 1 rings (SSSR count). The third kappa shape index (κ3) is 6.09. The monoisotopic (exact) mass is 290 g/mol. The molecule has 0 amide bonds. The van der Waals surface area contributed by atoms with Crippen LogP contribution in [0.5, 0.6) is 0 Å². The van der Waals surface area contributed by atoms with Gasteiger partial charge in [0, 0.05) is 0 Å². The SMILES string of the molecule is C[Si](C)(Cl)Cc1ccc(C[Si](C)(C)Cl)cc1. The highest BCUT2D eigenvalue weighted by molar-refractivity contribution is 7.19. The Morgan fingerprint density at radius 1 is 0.750 bits per heavy atom. The maximum absolute atomic E-state index is 6.34. The molecular weight excluding hydrogens is 271 g/mol. The van der Waals surface area contributed by atoms with Gasteiger partial charge in [0.2, 0.25) is 0 Å². The number of halogens is 2. The lowest BCUT2D eigenvalue weighted by Gasteiger charge is -2.15. The first kappa shape index (κ1) is 14.3. The van der Waals surface area contributed by atoms with Crippen molar-refractivity contribution < 1.29 is 0 Å². The zero-order chi connectivity index (χ0) is 12.4. The van der Waals surface area contributed by atoms with Crippen LogP contribution in [0, 0.1) is 0 Å². The molecule has 90 valence electrons. The Morgan fingerprint density at radius 2 is 1.00 bits per heavy atom. The van der Waals surface area contributed by atoms with Gasteiger partial charge in [-0.05, 0) is 23.2 Å². The van der Waals surface area contributed by atoms with E-state index in [2.05, 4.69) is 50.5 Å². The van der Waals surface area contributed by atoms with Crippen molar-refractivity contribution >= 4 is 36.9 Å². The average Bonchev–Trinajstić information content (AvgIpc) is 2.03. The maximum atomic E-state index is 6.34. The third-order valence-electron chi connectivity index (χ3n) is 2.27. The zero-order valence-corrected chi connectivity index (χ0v) is 14.0. The summed E-state index contributed by atoms with van der Waals surface area (Å²) in [6, 6.07) is 10.9. The summed E-state index contributed by atoms with van der Waals surface area (Å²) in [6.45, 7) is 8.71. The standard InChI is InChI=1S/C12H20Cl2Si2/c1-15(2,13)9-11-5-7-12(8-6-11)10-16(3,4)14/h5-8H,9-10H2,1-4H3. The molecule has 0 saturated heterocycles. The summed E-state index contributed by atoms with van der Waals surface area (Å²) in [7, 11) is -3.01. The molecule has 0 aliphatic carbocycles. The van der Waals surface area contributed by atoms with Gasteiger partial charge in [-0.3, -0.25) is 0 Å². The summed E-state index contributed by atoms with van der Waals surface area (Å²) in [5.41, 5.74) is 2.70. The fourth-order valence-corrected chi connectivity index (χ4v) is 5.08. The largest absolute Gasteiger partial charge is 0.167 e. The van der Waals surface area contributed by atoms with E-state index in [0.717, 1.165) is 12.1 Å². The molecule has 0 spiro atoms. The Hall–Kier alpha value is 0.234. The Kier molecular flexibility index (Phi) is 4.70. The summed E-state index contributed by atoms with van der Waals surface area (Å²) < 4.78 is 0. The van der Waals surface area contributed by atoms with E-state index in [1.807, 2.05) is 0 Å². The number of benzene rings is 1. The highest BCUT2D eigenvalue weighted by atomic mass is 35.6. The van der Waals surface area contributed by atoms with Gasteiger partial charge in [0.25, 0.3) is 0 Å². The van der Waals surface area contributed by atoms with Crippen LogP contribution in [0.15, 0.2) is 24.3 Å². The van der Waals surface area contributed by atoms with Gasteiger partial charge in [-0.2, -0.15) is 22.2 Å². The average molecular weight is 291 g/mol. The number of hydrogen-bond acceptors (Lipinski definition) is 0. The second kappa shape index (κ2) is 5.26. The van der Waals surface area contributed by atoms with Crippen molar-refractivity contribution in [2.45, 2.75) is 38.3 Å². The van der Waals surface area contributed by atoms with Gasteiger partial charge < -0.3 is 0 Å². The smallest absolute Gasteiger partial charge is 0.154 e. The van der Waals surface area contributed by atoms with E-state index < -0.39 is 14.8 Å². The molecule has 0 radical (unpaired) electrons. The first-order valence-electron chi connectivity index (χ1n) is 5.61. The predicted octanol–water partition coefficient (Wildman–Crippen LogP) is 4.74. The maximum Gasteiger partial charge on any atom is 0.154 e. The van der Waals surface area contributed by atoms with Crippen molar-refractivity contribution in [1.82, 2.24) is 0 Å². The van der Waals surface area contributed by atoms with Crippen molar-refractivity contribution in [3.05, 3.63) is 35.4 Å². The lowest BCUT2D eigenvalue weighted by Crippen LogP contribution is -2.21. The van der Waals surface area contributed by atoms with E-state index in [0.29, 0.717) is 0 Å². The summed E-state index contributed by atoms with van der Waals surface area (Å²) in [5.74, 6) is 0. The molecule has 0 saturated carbocycles. The van der Waals surface area contributed by atoms with E-state index in [1.165, 1.54) is 11.1 Å². The first-order valence-corrected chi connectivity index (χ1v) is 14.1. The fourth-order valence-electron chi connectivity index (χ4n) is 1.75. The molecule has 0 atom stereocenters. The van der Waals surface area contributed by atoms with Crippen LogP contribution in [0.4, 0.5) is 0 Å². The van der Waals surface area contributed by atoms with Crippen LogP contribution in [0.3, 0.4) is 0 Å². The Labute approximate surface area is 110 Å². The van der Waals surface area contributed by atoms with Gasteiger partial charge in [0.05, 0.1) is 0 Å². The highest BCUT2D eigenvalue weighted by Crippen LogP contribution is 2.19. The van der Waals surface area contributed by atoms with Crippen LogP contribution in [0.2, 0.25) is 26.2 Å². The summed E-state index contributed by atoms with van der Waals surface area (Å²) in [6.07, 6.45) is 0. The van der Waals surface area contributed by atoms with E-state index in [-0.39, 0.29) is 0 Å². The van der Waals surface area contributed by atoms with Gasteiger partial charge in [-0.15, -0.1) is 0 Å².